The van der Waals surface area contributed by atoms with E-state index in [0.717, 1.165) is 33.6 Å². The first kappa shape index (κ1) is 28.7. The van der Waals surface area contributed by atoms with Crippen LogP contribution in [0.25, 0.3) is 17.2 Å². The molecule has 4 heterocycles. The number of rotatable bonds is 4. The van der Waals surface area contributed by atoms with Gasteiger partial charge >= 0.3 is 0 Å². The molecule has 8 nitrogen and oxygen atoms in total. The number of aromatic hydroxyl groups is 1. The molecule has 3 aliphatic heterocycles. The standard InChI is InChI=1S/C34H37FN4O4/c1-7-28(41)37-16-22-17-43-27-14-23(29-19(4)11-12-36-31(29)18(2)3)30-24(32(27)38(22)15-21(37)6)13-20(5)39(34(30)42)33-25(35)9-8-10-26(33)40/h7-14,18,21-22,34,40,42H,1,15-17H2,2-6H3. The average Bonchev–Trinajstić information content (AvgIpc) is 2.96. The number of phenolic OH excluding ortho intramolecular Hbond substituents is 1. The fourth-order valence-corrected chi connectivity index (χ4v) is 6.79. The summed E-state index contributed by atoms with van der Waals surface area (Å²) in [6, 6.07) is 7.83. The van der Waals surface area contributed by atoms with Crippen LogP contribution in [-0.4, -0.2) is 57.8 Å². The number of nitrogens with zero attached hydrogens (tertiary/aromatic N) is 4. The number of piperazine rings is 1. The summed E-state index contributed by atoms with van der Waals surface area (Å²) in [7, 11) is 0. The highest BCUT2D eigenvalue weighted by atomic mass is 19.1. The summed E-state index contributed by atoms with van der Waals surface area (Å²) >= 11 is 0. The molecule has 0 aliphatic carbocycles. The number of fused-ring (bicyclic) bond motifs is 5. The van der Waals surface area contributed by atoms with E-state index in [1.807, 2.05) is 37.0 Å². The zero-order chi connectivity index (χ0) is 30.7. The molecule has 6 rings (SSSR count). The summed E-state index contributed by atoms with van der Waals surface area (Å²) in [5, 5.41) is 23.0. The minimum Gasteiger partial charge on any atom is -0.506 e. The molecule has 3 aromatic rings. The van der Waals surface area contributed by atoms with Crippen molar-refractivity contribution in [1.82, 2.24) is 9.88 Å². The van der Waals surface area contributed by atoms with Gasteiger partial charge in [0.15, 0.2) is 12.0 Å². The lowest BCUT2D eigenvalue weighted by molar-refractivity contribution is -0.129. The van der Waals surface area contributed by atoms with Crippen molar-refractivity contribution in [3.63, 3.8) is 0 Å². The van der Waals surface area contributed by atoms with Gasteiger partial charge in [0.2, 0.25) is 5.91 Å². The lowest BCUT2D eigenvalue weighted by Crippen LogP contribution is -2.62. The molecule has 224 valence electrons. The molecule has 3 aliphatic rings. The van der Waals surface area contributed by atoms with Crippen molar-refractivity contribution in [2.75, 3.05) is 29.5 Å². The number of carbonyl (C=O) groups is 1. The first-order chi connectivity index (χ1) is 20.5. The number of ether oxygens (including phenoxy) is 1. The van der Waals surface area contributed by atoms with E-state index in [-0.39, 0.29) is 35.3 Å². The van der Waals surface area contributed by atoms with E-state index in [0.29, 0.717) is 36.7 Å². The first-order valence-corrected chi connectivity index (χ1v) is 14.7. The third-order valence-corrected chi connectivity index (χ3v) is 8.81. The predicted octanol–water partition coefficient (Wildman–Crippen LogP) is 5.88. The van der Waals surface area contributed by atoms with Gasteiger partial charge in [0.1, 0.15) is 23.8 Å². The third-order valence-electron chi connectivity index (χ3n) is 8.81. The highest BCUT2D eigenvalue weighted by molar-refractivity contribution is 5.91. The summed E-state index contributed by atoms with van der Waals surface area (Å²) in [4.78, 5) is 22.9. The number of hydrogen-bond acceptors (Lipinski definition) is 7. The van der Waals surface area contributed by atoms with Gasteiger partial charge in [-0.3, -0.25) is 9.78 Å². The van der Waals surface area contributed by atoms with Crippen molar-refractivity contribution in [2.24, 2.45) is 0 Å². The Kier molecular flexibility index (Phi) is 7.16. The number of para-hydroxylation sites is 1. The first-order valence-electron chi connectivity index (χ1n) is 14.7. The summed E-state index contributed by atoms with van der Waals surface area (Å²) < 4.78 is 21.7. The van der Waals surface area contributed by atoms with Gasteiger partial charge in [-0.1, -0.05) is 26.5 Å². The van der Waals surface area contributed by atoms with Gasteiger partial charge in [0, 0.05) is 47.7 Å². The SMILES string of the molecule is C=CC(=O)N1CC2COc3cc(-c4c(C)ccnc4C(C)C)c4c(c3N2CC1C)C=C(C)N(c1c(O)cccc1F)C4O. The van der Waals surface area contributed by atoms with Gasteiger partial charge in [-0.05, 0) is 74.2 Å². The smallest absolute Gasteiger partial charge is 0.246 e. The predicted molar refractivity (Wildman–Crippen MR) is 166 cm³/mol. The van der Waals surface area contributed by atoms with Gasteiger partial charge in [-0.15, -0.1) is 0 Å². The maximum atomic E-state index is 15.3. The average molecular weight is 585 g/mol. The van der Waals surface area contributed by atoms with E-state index < -0.39 is 12.0 Å². The number of anilines is 2. The van der Waals surface area contributed by atoms with Crippen molar-refractivity contribution in [1.29, 1.82) is 0 Å². The fraction of sp³-hybridized carbons (Fsp3) is 0.353. The van der Waals surface area contributed by atoms with E-state index in [4.69, 9.17) is 9.72 Å². The summed E-state index contributed by atoms with van der Waals surface area (Å²) in [5.74, 6) is -0.258. The monoisotopic (exact) mass is 584 g/mol. The third kappa shape index (κ3) is 4.54. The van der Waals surface area contributed by atoms with Crippen molar-refractivity contribution in [3.8, 4) is 22.6 Å². The number of benzene rings is 2. The van der Waals surface area contributed by atoms with Gasteiger partial charge in [-0.25, -0.2) is 4.39 Å². The van der Waals surface area contributed by atoms with E-state index in [1.54, 1.807) is 13.1 Å². The van der Waals surface area contributed by atoms with Crippen LogP contribution < -0.4 is 14.5 Å². The molecule has 1 fully saturated rings. The van der Waals surface area contributed by atoms with Crippen molar-refractivity contribution < 1.29 is 24.1 Å². The number of aromatic nitrogens is 1. The van der Waals surface area contributed by atoms with E-state index in [1.165, 1.54) is 29.2 Å². The number of carbonyl (C=O) groups excluding carboxylic acids is 1. The Labute approximate surface area is 251 Å². The number of hydrogen-bond donors (Lipinski definition) is 2. The number of aryl methyl sites for hydroxylation is 1. The molecule has 1 amide bonds. The molecule has 1 saturated heterocycles. The highest BCUT2D eigenvalue weighted by Gasteiger charge is 2.42. The van der Waals surface area contributed by atoms with Crippen LogP contribution in [0.1, 0.15) is 62.2 Å². The molecule has 2 aromatic carbocycles. The molecule has 3 unspecified atom stereocenters. The number of amides is 1. The van der Waals surface area contributed by atoms with Gasteiger partial charge in [-0.2, -0.15) is 0 Å². The zero-order valence-electron chi connectivity index (χ0n) is 25.1. The maximum Gasteiger partial charge on any atom is 0.246 e. The van der Waals surface area contributed by atoms with Crippen LogP contribution in [0.15, 0.2) is 54.9 Å². The normalized spacial score (nSPS) is 21.1. The second kappa shape index (κ2) is 10.7. The maximum absolute atomic E-state index is 15.3. The molecule has 0 spiro atoms. The van der Waals surface area contributed by atoms with E-state index in [9.17, 15) is 15.0 Å². The van der Waals surface area contributed by atoms with E-state index in [2.05, 4.69) is 25.3 Å². The van der Waals surface area contributed by atoms with Crippen LogP contribution in [0.4, 0.5) is 15.8 Å². The number of phenols is 1. The number of halogens is 1. The summed E-state index contributed by atoms with van der Waals surface area (Å²) in [6.45, 7) is 15.1. The molecule has 0 radical (unpaired) electrons. The number of pyridine rings is 1. The minimum atomic E-state index is -1.33. The minimum absolute atomic E-state index is 0.0819. The molecule has 2 N–H and O–H groups in total. The van der Waals surface area contributed by atoms with Crippen LogP contribution in [0.3, 0.4) is 0 Å². The molecule has 0 saturated carbocycles. The summed E-state index contributed by atoms with van der Waals surface area (Å²) in [5.41, 5.74) is 6.13. The fourth-order valence-electron chi connectivity index (χ4n) is 6.79. The van der Waals surface area contributed by atoms with Crippen molar-refractivity contribution >= 4 is 23.4 Å². The summed E-state index contributed by atoms with van der Waals surface area (Å²) in [6.07, 6.45) is 3.73. The molecular weight excluding hydrogens is 547 g/mol. The highest BCUT2D eigenvalue weighted by Crippen LogP contribution is 2.53. The van der Waals surface area contributed by atoms with Crippen LogP contribution >= 0.6 is 0 Å². The lowest BCUT2D eigenvalue weighted by Gasteiger charge is -2.50. The Hall–Kier alpha value is -4.37. The molecule has 0 bridgehead atoms. The molecular formula is C34H37FN4O4. The quantitative estimate of drug-likeness (QED) is 0.370. The number of aliphatic hydroxyl groups is 1. The second-order valence-corrected chi connectivity index (χ2v) is 11.9. The van der Waals surface area contributed by atoms with Gasteiger partial charge < -0.3 is 29.6 Å². The lowest BCUT2D eigenvalue weighted by atomic mass is 9.84. The molecule has 43 heavy (non-hydrogen) atoms. The number of aliphatic hydroxyl groups excluding tert-OH is 1. The Morgan fingerprint density at radius 3 is 2.67 bits per heavy atom. The zero-order valence-corrected chi connectivity index (χ0v) is 25.1. The Morgan fingerprint density at radius 2 is 1.98 bits per heavy atom. The van der Waals surface area contributed by atoms with Crippen LogP contribution in [-0.2, 0) is 4.79 Å². The van der Waals surface area contributed by atoms with E-state index >= 15 is 4.39 Å². The molecule has 1 aromatic heterocycles. The van der Waals surface area contributed by atoms with Gasteiger partial charge in [0.25, 0.3) is 0 Å². The Balaban J connectivity index is 1.62. The van der Waals surface area contributed by atoms with Crippen LogP contribution in [0, 0.1) is 12.7 Å². The topological polar surface area (TPSA) is 89.4 Å². The largest absolute Gasteiger partial charge is 0.506 e. The number of allylic oxidation sites excluding steroid dienone is 1. The molecule has 3 atom stereocenters. The van der Waals surface area contributed by atoms with Crippen molar-refractivity contribution in [3.05, 3.63) is 83.1 Å². The Morgan fingerprint density at radius 1 is 1.21 bits per heavy atom. The Bertz CT molecular complexity index is 1650. The van der Waals surface area contributed by atoms with Crippen molar-refractivity contribution in [2.45, 2.75) is 58.8 Å². The second-order valence-electron chi connectivity index (χ2n) is 11.9. The van der Waals surface area contributed by atoms with Gasteiger partial charge in [0.05, 0.1) is 17.4 Å². The van der Waals surface area contributed by atoms with Crippen LogP contribution in [0.2, 0.25) is 0 Å². The van der Waals surface area contributed by atoms with Crippen LogP contribution in [0.5, 0.6) is 11.5 Å². The molecule has 9 heteroatoms.